The average molecular weight is 260 g/mol. The third-order valence-corrected chi connectivity index (χ3v) is 2.80. The third-order valence-electron chi connectivity index (χ3n) is 2.49. The highest BCUT2D eigenvalue weighted by Gasteiger charge is 2.10. The Labute approximate surface area is 106 Å². The van der Waals surface area contributed by atoms with Crippen molar-refractivity contribution >= 4 is 11.6 Å². The minimum absolute atomic E-state index is 0.0744. The van der Waals surface area contributed by atoms with Gasteiger partial charge in [0.05, 0.1) is 18.2 Å². The molecule has 1 aromatic rings. The predicted molar refractivity (Wildman–Crippen MR) is 67.4 cm³/mol. The Morgan fingerprint density at radius 1 is 1.35 bits per heavy atom. The fourth-order valence-corrected chi connectivity index (χ4v) is 1.75. The van der Waals surface area contributed by atoms with Gasteiger partial charge in [0.1, 0.15) is 5.75 Å². The van der Waals surface area contributed by atoms with Gasteiger partial charge in [0.15, 0.2) is 0 Å². The Kier molecular flexibility index (Phi) is 6.29. The van der Waals surface area contributed by atoms with Gasteiger partial charge in [0.25, 0.3) is 0 Å². The number of aliphatic hydroxyl groups is 1. The van der Waals surface area contributed by atoms with Crippen LogP contribution in [0, 0.1) is 0 Å². The van der Waals surface area contributed by atoms with E-state index in [2.05, 4.69) is 0 Å². The average Bonchev–Trinajstić information content (AvgIpc) is 2.32. The molecule has 0 amide bonds. The van der Waals surface area contributed by atoms with Crippen LogP contribution in [0.4, 0.5) is 0 Å². The number of rotatable bonds is 7. The SMILES string of the molecule is COCCN(CCO)Cc1cccc(Cl)c1O. The zero-order valence-electron chi connectivity index (χ0n) is 9.90. The highest BCUT2D eigenvalue weighted by molar-refractivity contribution is 6.32. The molecule has 0 bridgehead atoms. The van der Waals surface area contributed by atoms with E-state index in [0.717, 1.165) is 5.56 Å². The molecule has 2 N–H and O–H groups in total. The van der Waals surface area contributed by atoms with Crippen molar-refractivity contribution in [3.05, 3.63) is 28.8 Å². The van der Waals surface area contributed by atoms with Crippen LogP contribution >= 0.6 is 11.6 Å². The van der Waals surface area contributed by atoms with Gasteiger partial charge in [-0.15, -0.1) is 0 Å². The van der Waals surface area contributed by atoms with Gasteiger partial charge < -0.3 is 14.9 Å². The minimum atomic E-state index is 0.0744. The minimum Gasteiger partial charge on any atom is -0.506 e. The van der Waals surface area contributed by atoms with Crippen molar-refractivity contribution in [1.29, 1.82) is 0 Å². The lowest BCUT2D eigenvalue weighted by atomic mass is 10.2. The van der Waals surface area contributed by atoms with Gasteiger partial charge in [-0.25, -0.2) is 0 Å². The monoisotopic (exact) mass is 259 g/mol. The predicted octanol–water partition coefficient (Wildman–Crippen LogP) is 1.49. The first kappa shape index (κ1) is 14.3. The largest absolute Gasteiger partial charge is 0.506 e. The maximum absolute atomic E-state index is 9.79. The van der Waals surface area contributed by atoms with Crippen LogP contribution in [0.1, 0.15) is 5.56 Å². The van der Waals surface area contributed by atoms with E-state index in [1.807, 2.05) is 11.0 Å². The number of hydrogen-bond acceptors (Lipinski definition) is 4. The number of methoxy groups -OCH3 is 1. The lowest BCUT2D eigenvalue weighted by molar-refractivity contribution is 0.126. The van der Waals surface area contributed by atoms with Crippen LogP contribution in [-0.2, 0) is 11.3 Å². The molecule has 0 saturated heterocycles. The van der Waals surface area contributed by atoms with E-state index in [0.29, 0.717) is 31.3 Å². The first-order valence-corrected chi connectivity index (χ1v) is 5.85. The van der Waals surface area contributed by atoms with Crippen LogP contribution in [-0.4, -0.2) is 48.5 Å². The lowest BCUT2D eigenvalue weighted by Crippen LogP contribution is -2.29. The summed E-state index contributed by atoms with van der Waals surface area (Å²) in [7, 11) is 1.63. The molecule has 0 fully saturated rings. The van der Waals surface area contributed by atoms with Crippen LogP contribution in [0.5, 0.6) is 5.75 Å². The van der Waals surface area contributed by atoms with Crippen molar-refractivity contribution in [2.45, 2.75) is 6.54 Å². The van der Waals surface area contributed by atoms with Gasteiger partial charge in [0.2, 0.25) is 0 Å². The lowest BCUT2D eigenvalue weighted by Gasteiger charge is -2.21. The molecule has 0 aliphatic carbocycles. The molecule has 0 atom stereocenters. The van der Waals surface area contributed by atoms with Gasteiger partial charge in [-0.3, -0.25) is 4.90 Å². The van der Waals surface area contributed by atoms with Crippen LogP contribution < -0.4 is 0 Å². The van der Waals surface area contributed by atoms with Crippen molar-refractivity contribution in [3.8, 4) is 5.75 Å². The number of hydrogen-bond donors (Lipinski definition) is 2. The number of phenolic OH excluding ortho intramolecular Hbond substituents is 1. The van der Waals surface area contributed by atoms with E-state index in [-0.39, 0.29) is 12.4 Å². The van der Waals surface area contributed by atoms with E-state index in [1.54, 1.807) is 19.2 Å². The van der Waals surface area contributed by atoms with Gasteiger partial charge in [0, 0.05) is 32.3 Å². The number of nitrogens with zero attached hydrogens (tertiary/aromatic N) is 1. The molecule has 0 heterocycles. The van der Waals surface area contributed by atoms with Crippen LogP contribution in [0.15, 0.2) is 18.2 Å². The summed E-state index contributed by atoms with van der Waals surface area (Å²) in [6.45, 7) is 2.43. The second-order valence-corrected chi connectivity index (χ2v) is 4.15. The quantitative estimate of drug-likeness (QED) is 0.779. The zero-order valence-corrected chi connectivity index (χ0v) is 10.7. The molecule has 96 valence electrons. The Morgan fingerprint density at radius 2 is 2.12 bits per heavy atom. The van der Waals surface area contributed by atoms with Crippen molar-refractivity contribution in [1.82, 2.24) is 4.90 Å². The summed E-state index contributed by atoms with van der Waals surface area (Å²) in [6, 6.07) is 5.26. The number of halogens is 1. The second-order valence-electron chi connectivity index (χ2n) is 3.74. The highest BCUT2D eigenvalue weighted by Crippen LogP contribution is 2.27. The normalized spacial score (nSPS) is 11.1. The number of benzene rings is 1. The van der Waals surface area contributed by atoms with Crippen molar-refractivity contribution in [3.63, 3.8) is 0 Å². The van der Waals surface area contributed by atoms with Gasteiger partial charge in [-0.2, -0.15) is 0 Å². The molecular formula is C12H18ClNO3. The van der Waals surface area contributed by atoms with Crippen LogP contribution in [0.25, 0.3) is 0 Å². The third kappa shape index (κ3) is 4.52. The van der Waals surface area contributed by atoms with Gasteiger partial charge in [-0.05, 0) is 6.07 Å². The number of phenols is 1. The molecule has 0 aliphatic heterocycles. The zero-order chi connectivity index (χ0) is 12.7. The summed E-state index contributed by atoms with van der Waals surface area (Å²) in [6.07, 6.45) is 0. The highest BCUT2D eigenvalue weighted by atomic mass is 35.5. The van der Waals surface area contributed by atoms with Gasteiger partial charge >= 0.3 is 0 Å². The van der Waals surface area contributed by atoms with Crippen molar-refractivity contribution in [2.75, 3.05) is 33.4 Å². The van der Waals surface area contributed by atoms with E-state index >= 15 is 0 Å². The first-order chi connectivity index (χ1) is 8.19. The van der Waals surface area contributed by atoms with Crippen molar-refractivity contribution in [2.24, 2.45) is 0 Å². The molecule has 0 radical (unpaired) electrons. The molecule has 1 rings (SSSR count). The summed E-state index contributed by atoms with van der Waals surface area (Å²) >= 11 is 5.84. The van der Waals surface area contributed by atoms with Gasteiger partial charge in [-0.1, -0.05) is 23.7 Å². The number of aliphatic hydroxyl groups excluding tert-OH is 1. The first-order valence-electron chi connectivity index (χ1n) is 5.47. The summed E-state index contributed by atoms with van der Waals surface area (Å²) in [5.74, 6) is 0.106. The maximum atomic E-state index is 9.79. The molecule has 0 aromatic heterocycles. The fourth-order valence-electron chi connectivity index (χ4n) is 1.56. The fraction of sp³-hybridized carbons (Fsp3) is 0.500. The Hall–Kier alpha value is -0.810. The Bertz CT molecular complexity index is 347. The van der Waals surface area contributed by atoms with E-state index < -0.39 is 0 Å². The number of para-hydroxylation sites is 1. The maximum Gasteiger partial charge on any atom is 0.138 e. The summed E-state index contributed by atoms with van der Waals surface area (Å²) < 4.78 is 5.00. The number of aromatic hydroxyl groups is 1. The molecule has 5 heteroatoms. The molecule has 17 heavy (non-hydrogen) atoms. The topological polar surface area (TPSA) is 52.9 Å². The van der Waals surface area contributed by atoms with E-state index in [4.69, 9.17) is 21.4 Å². The molecule has 4 nitrogen and oxygen atoms in total. The van der Waals surface area contributed by atoms with E-state index in [9.17, 15) is 5.11 Å². The summed E-state index contributed by atoms with van der Waals surface area (Å²) in [5.41, 5.74) is 0.752. The Morgan fingerprint density at radius 3 is 2.76 bits per heavy atom. The van der Waals surface area contributed by atoms with Crippen LogP contribution in [0.3, 0.4) is 0 Å². The van der Waals surface area contributed by atoms with Crippen molar-refractivity contribution < 1.29 is 14.9 Å². The molecule has 0 unspecified atom stereocenters. The van der Waals surface area contributed by atoms with Crippen LogP contribution in [0.2, 0.25) is 5.02 Å². The molecule has 1 aromatic carbocycles. The molecular weight excluding hydrogens is 242 g/mol. The Balaban J connectivity index is 2.67. The second kappa shape index (κ2) is 7.50. The molecule has 0 saturated carbocycles. The molecule has 0 spiro atoms. The molecule has 0 aliphatic rings. The standard InChI is InChI=1S/C12H18ClNO3/c1-17-8-6-14(5-7-15)9-10-3-2-4-11(13)12(10)16/h2-4,15-16H,5-9H2,1H3. The number of ether oxygens (including phenoxy) is 1. The summed E-state index contributed by atoms with van der Waals surface area (Å²) in [5, 5.41) is 19.1. The summed E-state index contributed by atoms with van der Waals surface area (Å²) in [4.78, 5) is 1.99. The van der Waals surface area contributed by atoms with E-state index in [1.165, 1.54) is 0 Å². The smallest absolute Gasteiger partial charge is 0.138 e.